The molecular weight excluding hydrogens is 464 g/mol. The molecular formula is C27H32N2O5S. The third kappa shape index (κ3) is 6.14. The summed E-state index contributed by atoms with van der Waals surface area (Å²) in [5.41, 5.74) is 3.16. The zero-order valence-corrected chi connectivity index (χ0v) is 21.6. The van der Waals surface area contributed by atoms with E-state index in [1.165, 1.54) is 32.4 Å². The van der Waals surface area contributed by atoms with Crippen molar-refractivity contribution in [1.29, 1.82) is 0 Å². The third-order valence-electron chi connectivity index (χ3n) is 5.67. The molecule has 3 rings (SSSR count). The summed E-state index contributed by atoms with van der Waals surface area (Å²) in [6.07, 6.45) is 0.668. The van der Waals surface area contributed by atoms with Gasteiger partial charge in [-0.05, 0) is 61.2 Å². The lowest BCUT2D eigenvalue weighted by Gasteiger charge is -2.26. The molecule has 1 atom stereocenters. The highest BCUT2D eigenvalue weighted by atomic mass is 32.2. The molecule has 7 nitrogen and oxygen atoms in total. The second-order valence-corrected chi connectivity index (χ2v) is 10.2. The summed E-state index contributed by atoms with van der Waals surface area (Å²) in [6, 6.07) is 19.2. The van der Waals surface area contributed by atoms with Crippen LogP contribution in [0.3, 0.4) is 0 Å². The lowest BCUT2D eigenvalue weighted by molar-refractivity contribution is -0.120. The third-order valence-corrected chi connectivity index (χ3v) is 7.44. The maximum absolute atomic E-state index is 13.8. The van der Waals surface area contributed by atoms with Crippen molar-refractivity contribution in [3.63, 3.8) is 0 Å². The molecule has 0 heterocycles. The molecule has 0 aliphatic heterocycles. The van der Waals surface area contributed by atoms with Crippen LogP contribution in [0.5, 0.6) is 11.5 Å². The fraction of sp³-hybridized carbons (Fsp3) is 0.296. The average Bonchev–Trinajstić information content (AvgIpc) is 2.85. The van der Waals surface area contributed by atoms with E-state index in [0.717, 1.165) is 21.0 Å². The molecule has 0 aliphatic rings. The van der Waals surface area contributed by atoms with E-state index in [1.807, 2.05) is 57.2 Å². The molecule has 0 radical (unpaired) electrons. The summed E-state index contributed by atoms with van der Waals surface area (Å²) in [7, 11) is -1.19. The highest BCUT2D eigenvalue weighted by Crippen LogP contribution is 2.32. The molecule has 3 aromatic carbocycles. The molecule has 1 N–H and O–H groups in total. The summed E-state index contributed by atoms with van der Waals surface area (Å²) in [5.74, 6) is 0.299. The monoisotopic (exact) mass is 496 g/mol. The Morgan fingerprint density at radius 2 is 1.54 bits per heavy atom. The Kier molecular flexibility index (Phi) is 8.40. The van der Waals surface area contributed by atoms with Crippen LogP contribution in [0.15, 0.2) is 71.6 Å². The fourth-order valence-electron chi connectivity index (χ4n) is 3.99. The van der Waals surface area contributed by atoms with Crippen LogP contribution < -0.4 is 19.1 Å². The molecule has 35 heavy (non-hydrogen) atoms. The first-order chi connectivity index (χ1) is 16.7. The Bertz CT molecular complexity index is 1260. The molecule has 0 bridgehead atoms. The Hall–Kier alpha value is -3.52. The first-order valence-corrected chi connectivity index (χ1v) is 12.8. The van der Waals surface area contributed by atoms with Crippen molar-refractivity contribution in [2.45, 2.75) is 38.1 Å². The largest absolute Gasteiger partial charge is 0.493 e. The van der Waals surface area contributed by atoms with E-state index in [0.29, 0.717) is 17.9 Å². The summed E-state index contributed by atoms with van der Waals surface area (Å²) in [5, 5.41) is 2.99. The molecule has 0 saturated heterocycles. The number of aryl methyl sites for hydroxylation is 2. The number of sulfonamides is 1. The maximum atomic E-state index is 13.8. The predicted molar refractivity (Wildman–Crippen MR) is 138 cm³/mol. The minimum absolute atomic E-state index is 0.00258. The summed E-state index contributed by atoms with van der Waals surface area (Å²) >= 11 is 0. The van der Waals surface area contributed by atoms with Gasteiger partial charge in [0.25, 0.3) is 10.0 Å². The van der Waals surface area contributed by atoms with Gasteiger partial charge in [0.2, 0.25) is 5.91 Å². The topological polar surface area (TPSA) is 84.9 Å². The van der Waals surface area contributed by atoms with E-state index in [2.05, 4.69) is 5.32 Å². The Morgan fingerprint density at radius 1 is 0.914 bits per heavy atom. The van der Waals surface area contributed by atoms with Gasteiger partial charge in [0.05, 0.1) is 30.8 Å². The number of nitrogens with one attached hydrogen (secondary N) is 1. The predicted octanol–water partition coefficient (Wildman–Crippen LogP) is 4.78. The van der Waals surface area contributed by atoms with Gasteiger partial charge in [0.1, 0.15) is 6.54 Å². The van der Waals surface area contributed by atoms with E-state index in [-0.39, 0.29) is 23.2 Å². The molecule has 186 valence electrons. The van der Waals surface area contributed by atoms with Gasteiger partial charge in [-0.15, -0.1) is 0 Å². The highest BCUT2D eigenvalue weighted by Gasteiger charge is 2.29. The molecule has 0 aromatic heterocycles. The number of amides is 1. The van der Waals surface area contributed by atoms with E-state index < -0.39 is 15.9 Å². The average molecular weight is 497 g/mol. The van der Waals surface area contributed by atoms with Gasteiger partial charge in [-0.1, -0.05) is 43.3 Å². The van der Waals surface area contributed by atoms with E-state index >= 15 is 0 Å². The number of ether oxygens (including phenoxy) is 2. The number of anilines is 1. The summed E-state index contributed by atoms with van der Waals surface area (Å²) < 4.78 is 39.4. The van der Waals surface area contributed by atoms with Gasteiger partial charge in [0.15, 0.2) is 11.5 Å². The number of hydrogen-bond acceptors (Lipinski definition) is 5. The van der Waals surface area contributed by atoms with Crippen molar-refractivity contribution in [3.8, 4) is 11.5 Å². The molecule has 0 saturated carbocycles. The van der Waals surface area contributed by atoms with Crippen molar-refractivity contribution >= 4 is 21.6 Å². The molecule has 0 spiro atoms. The van der Waals surface area contributed by atoms with Crippen molar-refractivity contribution in [1.82, 2.24) is 5.32 Å². The van der Waals surface area contributed by atoms with Crippen LogP contribution in [0.1, 0.15) is 36.1 Å². The maximum Gasteiger partial charge on any atom is 0.264 e. The number of hydrogen-bond donors (Lipinski definition) is 1. The zero-order valence-electron chi connectivity index (χ0n) is 20.7. The summed E-state index contributed by atoms with van der Waals surface area (Å²) in [6.45, 7) is 5.38. The van der Waals surface area contributed by atoms with E-state index in [1.54, 1.807) is 12.1 Å². The molecule has 1 amide bonds. The number of benzene rings is 3. The quantitative estimate of drug-likeness (QED) is 0.437. The van der Waals surface area contributed by atoms with Gasteiger partial charge in [0, 0.05) is 6.07 Å². The number of nitrogens with zero attached hydrogens (tertiary/aromatic N) is 1. The standard InChI is InChI=1S/C27H32N2O5S/c1-6-24(21-10-8-7-9-11-21)28-27(30)18-29(22-15-19(2)14-20(3)16-22)35(31,32)23-12-13-25(33-4)26(17-23)34-5/h7-17,24H,6,18H2,1-5H3,(H,28,30)/t24-/m1/s1. The minimum atomic E-state index is -4.11. The van der Waals surface area contributed by atoms with Gasteiger partial charge >= 0.3 is 0 Å². The van der Waals surface area contributed by atoms with E-state index in [4.69, 9.17) is 9.47 Å². The van der Waals surface area contributed by atoms with E-state index in [9.17, 15) is 13.2 Å². The van der Waals surface area contributed by atoms with Gasteiger partial charge < -0.3 is 14.8 Å². The van der Waals surface area contributed by atoms with Crippen LogP contribution in [0, 0.1) is 13.8 Å². The number of carbonyl (C=O) groups excluding carboxylic acids is 1. The molecule has 8 heteroatoms. The molecule has 0 unspecified atom stereocenters. The Labute approximate surface area is 207 Å². The first-order valence-electron chi connectivity index (χ1n) is 11.4. The Balaban J connectivity index is 2.00. The van der Waals surface area contributed by atoms with Crippen LogP contribution in [0.25, 0.3) is 0 Å². The molecule has 3 aromatic rings. The van der Waals surface area contributed by atoms with Crippen molar-refractivity contribution in [2.24, 2.45) is 0 Å². The van der Waals surface area contributed by atoms with Crippen molar-refractivity contribution in [3.05, 3.63) is 83.4 Å². The second kappa shape index (κ2) is 11.3. The Morgan fingerprint density at radius 3 is 2.11 bits per heavy atom. The van der Waals surface area contributed by atoms with Crippen LogP contribution in [-0.4, -0.2) is 35.1 Å². The lowest BCUT2D eigenvalue weighted by Crippen LogP contribution is -2.42. The fourth-order valence-corrected chi connectivity index (χ4v) is 5.41. The van der Waals surface area contributed by atoms with Crippen molar-refractivity contribution < 1.29 is 22.7 Å². The van der Waals surface area contributed by atoms with Gasteiger partial charge in [-0.3, -0.25) is 9.10 Å². The van der Waals surface area contributed by atoms with Gasteiger partial charge in [-0.25, -0.2) is 8.42 Å². The highest BCUT2D eigenvalue weighted by molar-refractivity contribution is 7.92. The lowest BCUT2D eigenvalue weighted by atomic mass is 10.0. The first kappa shape index (κ1) is 26.1. The van der Waals surface area contributed by atoms with Crippen LogP contribution >= 0.6 is 0 Å². The number of methoxy groups -OCH3 is 2. The second-order valence-electron chi connectivity index (χ2n) is 8.31. The minimum Gasteiger partial charge on any atom is -0.493 e. The normalized spacial score (nSPS) is 12.0. The smallest absolute Gasteiger partial charge is 0.264 e. The SMILES string of the molecule is CC[C@@H](NC(=O)CN(c1cc(C)cc(C)c1)S(=O)(=O)c1ccc(OC)c(OC)c1)c1ccccc1. The number of carbonyl (C=O) groups is 1. The van der Waals surface area contributed by atoms with Crippen LogP contribution in [-0.2, 0) is 14.8 Å². The molecule has 0 aliphatic carbocycles. The van der Waals surface area contributed by atoms with Crippen LogP contribution in [0.2, 0.25) is 0 Å². The summed E-state index contributed by atoms with van der Waals surface area (Å²) in [4.78, 5) is 13.2. The zero-order chi connectivity index (χ0) is 25.6. The van der Waals surface area contributed by atoms with Crippen molar-refractivity contribution in [2.75, 3.05) is 25.1 Å². The van der Waals surface area contributed by atoms with Crippen LogP contribution in [0.4, 0.5) is 5.69 Å². The molecule has 0 fully saturated rings. The van der Waals surface area contributed by atoms with Gasteiger partial charge in [-0.2, -0.15) is 0 Å². The number of rotatable bonds is 10.